The molecule has 0 bridgehead atoms. The molecule has 0 aliphatic carbocycles. The van der Waals surface area contributed by atoms with Crippen molar-refractivity contribution in [1.82, 2.24) is 19.8 Å². The first kappa shape index (κ1) is 18.4. The summed E-state index contributed by atoms with van der Waals surface area (Å²) < 4.78 is 0. The van der Waals surface area contributed by atoms with Gasteiger partial charge in [-0.2, -0.15) is 0 Å². The minimum atomic E-state index is -0.937. The molecule has 0 saturated carbocycles. The highest BCUT2D eigenvalue weighted by Gasteiger charge is 2.60. The number of aliphatic hydroxyl groups is 1. The number of Topliss-reactive ketones (excluding diaryl/α,β-unsaturated/α-hetero) is 1. The molecule has 8 heteroatoms. The lowest BCUT2D eigenvalue weighted by Crippen LogP contribution is -2.73. The average Bonchev–Trinajstić information content (AvgIpc) is 3.05. The SMILES string of the molecule is CC(=O)CC(C(=O)N1CCCC12CN(Cc1ncccn1)C2=O)C(C)O. The van der Waals surface area contributed by atoms with Crippen LogP contribution < -0.4 is 0 Å². The third-order valence-corrected chi connectivity index (χ3v) is 5.25. The van der Waals surface area contributed by atoms with E-state index in [1.165, 1.54) is 13.8 Å². The molecule has 2 amide bonds. The molecule has 2 saturated heterocycles. The third-order valence-electron chi connectivity index (χ3n) is 5.25. The smallest absolute Gasteiger partial charge is 0.250 e. The van der Waals surface area contributed by atoms with E-state index < -0.39 is 17.6 Å². The summed E-state index contributed by atoms with van der Waals surface area (Å²) in [5.41, 5.74) is -0.838. The molecular formula is C18H24N4O4. The Hall–Kier alpha value is -2.35. The van der Waals surface area contributed by atoms with Crippen LogP contribution in [0.2, 0.25) is 0 Å². The molecule has 2 fully saturated rings. The van der Waals surface area contributed by atoms with Gasteiger partial charge in [-0.15, -0.1) is 0 Å². The van der Waals surface area contributed by atoms with Gasteiger partial charge in [-0.3, -0.25) is 9.59 Å². The number of hydrogen-bond acceptors (Lipinski definition) is 6. The van der Waals surface area contributed by atoms with Gasteiger partial charge in [0, 0.05) is 25.4 Å². The van der Waals surface area contributed by atoms with E-state index in [1.54, 1.807) is 28.3 Å². The zero-order valence-electron chi connectivity index (χ0n) is 15.1. The van der Waals surface area contributed by atoms with Crippen molar-refractivity contribution in [3.63, 3.8) is 0 Å². The van der Waals surface area contributed by atoms with E-state index in [0.717, 1.165) is 6.42 Å². The summed E-state index contributed by atoms with van der Waals surface area (Å²) in [6.07, 6.45) is 3.65. The minimum absolute atomic E-state index is 0.0150. The predicted molar refractivity (Wildman–Crippen MR) is 91.6 cm³/mol. The Balaban J connectivity index is 1.73. The van der Waals surface area contributed by atoms with Gasteiger partial charge in [-0.05, 0) is 32.8 Å². The minimum Gasteiger partial charge on any atom is -0.393 e. The van der Waals surface area contributed by atoms with Crippen LogP contribution in [0, 0.1) is 5.92 Å². The van der Waals surface area contributed by atoms with Crippen molar-refractivity contribution in [2.24, 2.45) is 5.92 Å². The van der Waals surface area contributed by atoms with Crippen LogP contribution in [0.5, 0.6) is 0 Å². The van der Waals surface area contributed by atoms with E-state index >= 15 is 0 Å². The number of carbonyl (C=O) groups excluding carboxylic acids is 3. The lowest BCUT2D eigenvalue weighted by atomic mass is 9.84. The Labute approximate surface area is 152 Å². The molecule has 3 heterocycles. The number of aliphatic hydroxyl groups excluding tert-OH is 1. The Morgan fingerprint density at radius 1 is 1.35 bits per heavy atom. The molecule has 1 aromatic rings. The van der Waals surface area contributed by atoms with Crippen molar-refractivity contribution < 1.29 is 19.5 Å². The Kier molecular flexibility index (Phi) is 5.04. The Morgan fingerprint density at radius 2 is 2.04 bits per heavy atom. The van der Waals surface area contributed by atoms with Crippen LogP contribution in [0.1, 0.15) is 38.9 Å². The van der Waals surface area contributed by atoms with E-state index in [1.807, 2.05) is 0 Å². The van der Waals surface area contributed by atoms with Gasteiger partial charge in [0.05, 0.1) is 25.1 Å². The maximum Gasteiger partial charge on any atom is 0.250 e. The Bertz CT molecular complexity index is 708. The zero-order chi connectivity index (χ0) is 18.9. The van der Waals surface area contributed by atoms with E-state index in [-0.39, 0.29) is 24.0 Å². The highest BCUT2D eigenvalue weighted by molar-refractivity contribution is 5.98. The molecule has 1 aromatic heterocycles. The highest BCUT2D eigenvalue weighted by atomic mass is 16.3. The van der Waals surface area contributed by atoms with Crippen molar-refractivity contribution >= 4 is 17.6 Å². The van der Waals surface area contributed by atoms with E-state index in [2.05, 4.69) is 9.97 Å². The molecular weight excluding hydrogens is 336 g/mol. The molecule has 1 spiro atoms. The van der Waals surface area contributed by atoms with Crippen molar-refractivity contribution in [1.29, 1.82) is 0 Å². The lowest BCUT2D eigenvalue weighted by molar-refractivity contribution is -0.171. The fraction of sp³-hybridized carbons (Fsp3) is 0.611. The number of likely N-dealkylation sites (tertiary alicyclic amines) is 2. The maximum atomic E-state index is 13.0. The first-order valence-electron chi connectivity index (χ1n) is 8.89. The molecule has 0 aromatic carbocycles. The number of ketones is 1. The van der Waals surface area contributed by atoms with Crippen molar-refractivity contribution in [3.8, 4) is 0 Å². The molecule has 2 aliphatic heterocycles. The van der Waals surface area contributed by atoms with Gasteiger partial charge in [-0.25, -0.2) is 9.97 Å². The zero-order valence-corrected chi connectivity index (χ0v) is 15.1. The number of hydrogen-bond donors (Lipinski definition) is 1. The second-order valence-corrected chi connectivity index (χ2v) is 7.20. The number of rotatable bonds is 6. The molecule has 8 nitrogen and oxygen atoms in total. The maximum absolute atomic E-state index is 13.0. The summed E-state index contributed by atoms with van der Waals surface area (Å²) in [7, 11) is 0. The van der Waals surface area contributed by atoms with Crippen LogP contribution in [0.15, 0.2) is 18.5 Å². The predicted octanol–water partition coefficient (Wildman–Crippen LogP) is 0.156. The van der Waals surface area contributed by atoms with Crippen LogP contribution in [-0.2, 0) is 20.9 Å². The summed E-state index contributed by atoms with van der Waals surface area (Å²) in [5, 5.41) is 9.95. The number of amides is 2. The van der Waals surface area contributed by atoms with Crippen molar-refractivity contribution in [3.05, 3.63) is 24.3 Å². The van der Waals surface area contributed by atoms with Crippen molar-refractivity contribution in [2.45, 2.75) is 51.3 Å². The fourth-order valence-electron chi connectivity index (χ4n) is 3.93. The van der Waals surface area contributed by atoms with Crippen LogP contribution in [0.3, 0.4) is 0 Å². The summed E-state index contributed by atoms with van der Waals surface area (Å²) >= 11 is 0. The largest absolute Gasteiger partial charge is 0.393 e. The topological polar surface area (TPSA) is 104 Å². The summed E-state index contributed by atoms with van der Waals surface area (Å²) in [4.78, 5) is 48.8. The monoisotopic (exact) mass is 360 g/mol. The fourth-order valence-corrected chi connectivity index (χ4v) is 3.93. The summed E-state index contributed by atoms with van der Waals surface area (Å²) in [5.74, 6) is -0.813. The van der Waals surface area contributed by atoms with Crippen molar-refractivity contribution in [2.75, 3.05) is 13.1 Å². The van der Waals surface area contributed by atoms with Gasteiger partial charge in [0.2, 0.25) is 5.91 Å². The van der Waals surface area contributed by atoms with Crippen LogP contribution in [0.25, 0.3) is 0 Å². The molecule has 1 N–H and O–H groups in total. The number of carbonyl (C=O) groups is 3. The normalized spacial score (nSPS) is 24.5. The molecule has 2 aliphatic rings. The number of nitrogens with zero attached hydrogens (tertiary/aromatic N) is 4. The molecule has 3 rings (SSSR count). The average molecular weight is 360 g/mol. The quantitative estimate of drug-likeness (QED) is 0.725. The first-order chi connectivity index (χ1) is 12.3. The second-order valence-electron chi connectivity index (χ2n) is 7.20. The van der Waals surface area contributed by atoms with Gasteiger partial charge in [0.1, 0.15) is 17.1 Å². The van der Waals surface area contributed by atoms with Crippen LogP contribution >= 0.6 is 0 Å². The van der Waals surface area contributed by atoms with Crippen LogP contribution in [-0.4, -0.2) is 67.2 Å². The standard InChI is InChI=1S/C18H24N4O4/c1-12(23)9-14(13(2)24)16(25)22-8-3-5-18(22)11-21(17(18)26)10-15-19-6-4-7-20-15/h4,6-7,13-14,24H,3,5,8-11H2,1-2H3. The molecule has 3 atom stereocenters. The second kappa shape index (κ2) is 7.11. The summed E-state index contributed by atoms with van der Waals surface area (Å²) in [6.45, 7) is 4.13. The van der Waals surface area contributed by atoms with Gasteiger partial charge in [0.15, 0.2) is 0 Å². The van der Waals surface area contributed by atoms with E-state index in [4.69, 9.17) is 0 Å². The van der Waals surface area contributed by atoms with Crippen LogP contribution in [0.4, 0.5) is 0 Å². The number of aromatic nitrogens is 2. The van der Waals surface area contributed by atoms with Gasteiger partial charge >= 0.3 is 0 Å². The van der Waals surface area contributed by atoms with Gasteiger partial charge < -0.3 is 19.7 Å². The molecule has 0 radical (unpaired) electrons. The molecule has 26 heavy (non-hydrogen) atoms. The lowest BCUT2D eigenvalue weighted by Gasteiger charge is -2.51. The van der Waals surface area contributed by atoms with Gasteiger partial charge in [0.25, 0.3) is 5.91 Å². The third kappa shape index (κ3) is 3.21. The summed E-state index contributed by atoms with van der Waals surface area (Å²) in [6, 6.07) is 1.71. The first-order valence-corrected chi connectivity index (χ1v) is 8.89. The molecule has 140 valence electrons. The number of β-lactam (4-membered cyclic amide) rings is 1. The Morgan fingerprint density at radius 3 is 2.62 bits per heavy atom. The van der Waals surface area contributed by atoms with E-state index in [0.29, 0.717) is 31.9 Å². The highest BCUT2D eigenvalue weighted by Crippen LogP contribution is 2.40. The van der Waals surface area contributed by atoms with Gasteiger partial charge in [-0.1, -0.05) is 0 Å². The van der Waals surface area contributed by atoms with E-state index in [9.17, 15) is 19.5 Å². The molecule has 3 unspecified atom stereocenters.